The normalized spacial score (nSPS) is 14.2. The van der Waals surface area contributed by atoms with Crippen molar-refractivity contribution in [2.24, 2.45) is 0 Å². The summed E-state index contributed by atoms with van der Waals surface area (Å²) >= 11 is 2.89. The van der Waals surface area contributed by atoms with Gasteiger partial charge in [0.05, 0.1) is 15.6 Å². The molecule has 0 bridgehead atoms. The Morgan fingerprint density at radius 2 is 1.77 bits per heavy atom. The fraction of sp³-hybridized carbons (Fsp3) is 0.100. The molecule has 4 aromatic carbocycles. The van der Waals surface area contributed by atoms with Crippen LogP contribution in [-0.4, -0.2) is 35.6 Å². The fourth-order valence-electron chi connectivity index (χ4n) is 4.11. The monoisotopic (exact) mass is 668 g/mol. The zero-order chi connectivity index (χ0) is 28.2. The molecule has 1 aliphatic rings. The molecule has 1 saturated heterocycles. The molecular formula is C30H22FIN2O5S. The van der Waals surface area contributed by atoms with Crippen molar-refractivity contribution in [2.45, 2.75) is 6.61 Å². The Morgan fingerprint density at radius 3 is 2.52 bits per heavy atom. The van der Waals surface area contributed by atoms with Crippen LogP contribution in [0.2, 0.25) is 0 Å². The number of imide groups is 1. The topological polar surface area (TPSA) is 84.9 Å². The van der Waals surface area contributed by atoms with Crippen LogP contribution in [0.25, 0.3) is 16.8 Å². The second-order valence-corrected chi connectivity index (χ2v) is 11.0. The molecule has 1 fully saturated rings. The number of hydrogen-bond acceptors (Lipinski definition) is 6. The third-order valence-electron chi connectivity index (χ3n) is 6.05. The SMILES string of the molecule is COc1cc(/C=C2\SC(=O)N(CC(=O)Nc3ccc(F)cc3)C2=O)cc(I)c1OCc1ccc2ccccc2c1. The van der Waals surface area contributed by atoms with E-state index in [-0.39, 0.29) is 4.91 Å². The molecule has 3 amide bonds. The number of thioether (sulfide) groups is 1. The van der Waals surface area contributed by atoms with E-state index in [1.807, 2.05) is 24.3 Å². The van der Waals surface area contributed by atoms with Crippen LogP contribution in [0.5, 0.6) is 11.5 Å². The first-order valence-corrected chi connectivity index (χ1v) is 14.0. The number of rotatable bonds is 8. The van der Waals surface area contributed by atoms with Crippen molar-refractivity contribution in [1.29, 1.82) is 0 Å². The molecule has 0 radical (unpaired) electrons. The summed E-state index contributed by atoms with van der Waals surface area (Å²) in [7, 11) is 1.53. The summed E-state index contributed by atoms with van der Waals surface area (Å²) in [5, 5.41) is 4.28. The van der Waals surface area contributed by atoms with Crippen LogP contribution in [0.4, 0.5) is 14.9 Å². The maximum absolute atomic E-state index is 13.1. The lowest BCUT2D eigenvalue weighted by Crippen LogP contribution is -2.36. The van der Waals surface area contributed by atoms with Gasteiger partial charge in [0, 0.05) is 5.69 Å². The Labute approximate surface area is 247 Å². The smallest absolute Gasteiger partial charge is 0.294 e. The Morgan fingerprint density at radius 1 is 1.02 bits per heavy atom. The first-order valence-electron chi connectivity index (χ1n) is 12.1. The summed E-state index contributed by atoms with van der Waals surface area (Å²) in [6.07, 6.45) is 1.58. The zero-order valence-electron chi connectivity index (χ0n) is 21.1. The Kier molecular flexibility index (Phi) is 8.36. The van der Waals surface area contributed by atoms with Crippen molar-refractivity contribution in [1.82, 2.24) is 4.90 Å². The van der Waals surface area contributed by atoms with Crippen molar-refractivity contribution < 1.29 is 28.2 Å². The van der Waals surface area contributed by atoms with Crippen molar-refractivity contribution in [2.75, 3.05) is 19.0 Å². The van der Waals surface area contributed by atoms with Crippen LogP contribution < -0.4 is 14.8 Å². The van der Waals surface area contributed by atoms with Gasteiger partial charge in [-0.1, -0.05) is 36.4 Å². The predicted octanol–water partition coefficient (Wildman–Crippen LogP) is 6.85. The first-order chi connectivity index (χ1) is 19.3. The molecule has 7 nitrogen and oxygen atoms in total. The molecule has 1 heterocycles. The first kappa shape index (κ1) is 27.7. The van der Waals surface area contributed by atoms with E-state index in [0.29, 0.717) is 29.4 Å². The van der Waals surface area contributed by atoms with Crippen LogP contribution in [0, 0.1) is 9.39 Å². The number of carbonyl (C=O) groups excluding carboxylic acids is 3. The fourth-order valence-corrected chi connectivity index (χ4v) is 5.73. The highest BCUT2D eigenvalue weighted by atomic mass is 127. The molecule has 0 spiro atoms. The van der Waals surface area contributed by atoms with Crippen LogP contribution in [0.3, 0.4) is 0 Å². The number of nitrogens with one attached hydrogen (secondary N) is 1. The van der Waals surface area contributed by atoms with E-state index >= 15 is 0 Å². The second-order valence-electron chi connectivity index (χ2n) is 8.83. The number of hydrogen-bond donors (Lipinski definition) is 1. The van der Waals surface area contributed by atoms with Gasteiger partial charge in [-0.25, -0.2) is 4.39 Å². The molecule has 5 rings (SSSR count). The largest absolute Gasteiger partial charge is 0.493 e. The van der Waals surface area contributed by atoms with Gasteiger partial charge in [-0.15, -0.1) is 0 Å². The lowest BCUT2D eigenvalue weighted by Gasteiger charge is -2.14. The summed E-state index contributed by atoms with van der Waals surface area (Å²) in [4.78, 5) is 38.9. The number of ether oxygens (including phenoxy) is 2. The number of methoxy groups -OCH3 is 1. The van der Waals surface area contributed by atoms with Crippen molar-refractivity contribution in [3.63, 3.8) is 0 Å². The van der Waals surface area contributed by atoms with Gasteiger partial charge in [-0.3, -0.25) is 19.3 Å². The summed E-state index contributed by atoms with van der Waals surface area (Å²) in [6.45, 7) is -0.114. The molecule has 10 heteroatoms. The molecule has 0 aromatic heterocycles. The average Bonchev–Trinajstić information content (AvgIpc) is 3.20. The highest BCUT2D eigenvalue weighted by molar-refractivity contribution is 14.1. The van der Waals surface area contributed by atoms with Gasteiger partial charge in [0.25, 0.3) is 11.1 Å². The molecule has 1 N–H and O–H groups in total. The Bertz CT molecular complexity index is 1660. The molecule has 202 valence electrons. The standard InChI is InChI=1S/C30H22FIN2O5S/c1-38-25-14-19(13-24(32)28(25)39-17-18-6-7-20-4-2-3-5-21(20)12-18)15-26-29(36)34(30(37)40-26)16-27(35)33-23-10-8-22(31)9-11-23/h2-15H,16-17H2,1H3,(H,33,35)/b26-15-. The van der Waals surface area contributed by atoms with Crippen molar-refractivity contribution in [3.8, 4) is 11.5 Å². The lowest BCUT2D eigenvalue weighted by molar-refractivity contribution is -0.127. The molecule has 4 aromatic rings. The van der Waals surface area contributed by atoms with Gasteiger partial charge in [0.15, 0.2) is 11.5 Å². The quantitative estimate of drug-likeness (QED) is 0.164. The molecule has 40 heavy (non-hydrogen) atoms. The van der Waals surface area contributed by atoms with E-state index in [1.165, 1.54) is 31.4 Å². The van der Waals surface area contributed by atoms with Crippen LogP contribution in [0.1, 0.15) is 11.1 Å². The number of halogens is 2. The molecular weight excluding hydrogens is 646 g/mol. The van der Waals surface area contributed by atoms with Gasteiger partial charge in [-0.2, -0.15) is 0 Å². The number of carbonyl (C=O) groups is 3. The number of amides is 3. The maximum Gasteiger partial charge on any atom is 0.294 e. The highest BCUT2D eigenvalue weighted by Gasteiger charge is 2.36. The number of nitrogens with zero attached hydrogens (tertiary/aromatic N) is 1. The van der Waals surface area contributed by atoms with Crippen molar-refractivity contribution >= 4 is 73.9 Å². The van der Waals surface area contributed by atoms with E-state index in [0.717, 1.165) is 36.6 Å². The summed E-state index contributed by atoms with van der Waals surface area (Å²) in [6, 6.07) is 23.0. The van der Waals surface area contributed by atoms with Crippen LogP contribution in [-0.2, 0) is 16.2 Å². The third kappa shape index (κ3) is 6.28. The van der Waals surface area contributed by atoms with Gasteiger partial charge < -0.3 is 14.8 Å². The average molecular weight is 668 g/mol. The number of anilines is 1. The van der Waals surface area contributed by atoms with Gasteiger partial charge >= 0.3 is 0 Å². The van der Waals surface area contributed by atoms with Gasteiger partial charge in [0.1, 0.15) is 19.0 Å². The Hall–Kier alpha value is -3.90. The van der Waals surface area contributed by atoms with E-state index in [1.54, 1.807) is 12.1 Å². The van der Waals surface area contributed by atoms with Gasteiger partial charge in [0.2, 0.25) is 5.91 Å². The van der Waals surface area contributed by atoms with E-state index in [9.17, 15) is 18.8 Å². The number of fused-ring (bicyclic) bond motifs is 1. The Balaban J connectivity index is 1.28. The minimum atomic E-state index is -0.574. The van der Waals surface area contributed by atoms with E-state index in [4.69, 9.17) is 9.47 Å². The minimum absolute atomic E-state index is 0.183. The lowest BCUT2D eigenvalue weighted by atomic mass is 10.1. The number of benzene rings is 4. The van der Waals surface area contributed by atoms with Crippen LogP contribution >= 0.6 is 34.4 Å². The molecule has 0 aliphatic carbocycles. The van der Waals surface area contributed by atoms with Gasteiger partial charge in [-0.05, 0) is 105 Å². The molecule has 0 unspecified atom stereocenters. The van der Waals surface area contributed by atoms with Crippen LogP contribution in [0.15, 0.2) is 83.8 Å². The molecule has 0 saturated carbocycles. The molecule has 1 aliphatic heterocycles. The van der Waals surface area contributed by atoms with E-state index in [2.05, 4.69) is 52.2 Å². The zero-order valence-corrected chi connectivity index (χ0v) is 24.1. The predicted molar refractivity (Wildman–Crippen MR) is 162 cm³/mol. The van der Waals surface area contributed by atoms with E-state index < -0.39 is 29.4 Å². The second kappa shape index (κ2) is 12.1. The highest BCUT2D eigenvalue weighted by Crippen LogP contribution is 2.37. The summed E-state index contributed by atoms with van der Waals surface area (Å²) < 4.78 is 25.5. The summed E-state index contributed by atoms with van der Waals surface area (Å²) in [5.74, 6) is -0.533. The minimum Gasteiger partial charge on any atom is -0.493 e. The summed E-state index contributed by atoms with van der Waals surface area (Å²) in [5.41, 5.74) is 2.01. The van der Waals surface area contributed by atoms with Crippen molar-refractivity contribution in [3.05, 3.63) is 104 Å². The molecule has 0 atom stereocenters. The maximum atomic E-state index is 13.1. The third-order valence-corrected chi connectivity index (χ3v) is 7.76.